The fraction of sp³-hybridized carbons (Fsp3) is 0.571. The molecule has 0 bridgehead atoms. The minimum atomic E-state index is -1.73. The van der Waals surface area contributed by atoms with E-state index in [1.807, 2.05) is 37.3 Å². The number of aliphatic hydroxyl groups is 1. The molecule has 0 saturated heterocycles. The Hall–Kier alpha value is -1.64. The summed E-state index contributed by atoms with van der Waals surface area (Å²) in [6.07, 6.45) is 6.04. The molecule has 1 N–H and O–H groups in total. The lowest BCUT2D eigenvalue weighted by Gasteiger charge is -2.37. The van der Waals surface area contributed by atoms with Gasteiger partial charge in [0.1, 0.15) is 6.10 Å². The van der Waals surface area contributed by atoms with Crippen LogP contribution in [0.4, 0.5) is 0 Å². The average Bonchev–Trinajstić information content (AvgIpc) is 2.72. The fourth-order valence-electron chi connectivity index (χ4n) is 2.86. The molecule has 0 heterocycles. The van der Waals surface area contributed by atoms with Gasteiger partial charge >= 0.3 is 0 Å². The van der Waals surface area contributed by atoms with Gasteiger partial charge in [0.15, 0.2) is 8.32 Å². The van der Waals surface area contributed by atoms with Crippen LogP contribution in [0.25, 0.3) is 0 Å². The van der Waals surface area contributed by atoms with Crippen molar-refractivity contribution in [2.75, 3.05) is 13.2 Å². The zero-order chi connectivity index (χ0) is 24.2. The van der Waals surface area contributed by atoms with Gasteiger partial charge in [-0.05, 0) is 55.0 Å². The van der Waals surface area contributed by atoms with Crippen LogP contribution < -0.4 is 0 Å². The third-order valence-electron chi connectivity index (χ3n) is 6.14. The maximum atomic E-state index is 10.4. The normalized spacial score (nSPS) is 15.8. The number of hydrogen-bond donors (Lipinski definition) is 1. The first-order valence-electron chi connectivity index (χ1n) is 11.7. The predicted molar refractivity (Wildman–Crippen MR) is 139 cm³/mol. The summed E-state index contributed by atoms with van der Waals surface area (Å²) in [5, 5.41) is 10.6. The van der Waals surface area contributed by atoms with Gasteiger partial charge in [0.05, 0.1) is 13.2 Å². The Morgan fingerprint density at radius 1 is 1.16 bits per heavy atom. The highest BCUT2D eigenvalue weighted by Crippen LogP contribution is 2.37. The summed E-state index contributed by atoms with van der Waals surface area (Å²) in [5.41, 5.74) is 2.26. The maximum Gasteiger partial charge on any atom is 0.191 e. The molecule has 32 heavy (non-hydrogen) atoms. The van der Waals surface area contributed by atoms with E-state index in [9.17, 15) is 5.11 Å². The molecule has 178 valence electrons. The molecule has 0 spiro atoms. The van der Waals surface area contributed by atoms with Gasteiger partial charge in [0, 0.05) is 6.61 Å². The molecule has 3 unspecified atom stereocenters. The van der Waals surface area contributed by atoms with E-state index in [0.29, 0.717) is 19.1 Å². The van der Waals surface area contributed by atoms with Crippen LogP contribution in [-0.4, -0.2) is 32.7 Å². The number of hydrogen-bond acceptors (Lipinski definition) is 3. The monoisotopic (exact) mass is 456 g/mol. The second-order valence-electron chi connectivity index (χ2n) is 10.4. The molecule has 0 radical (unpaired) electrons. The van der Waals surface area contributed by atoms with Gasteiger partial charge in [0.25, 0.3) is 0 Å². The first-order valence-corrected chi connectivity index (χ1v) is 14.6. The van der Waals surface area contributed by atoms with Crippen LogP contribution in [0.2, 0.25) is 18.1 Å². The molecule has 1 aromatic rings. The Bertz CT molecular complexity index is 778. The summed E-state index contributed by atoms with van der Waals surface area (Å²) in [7, 11) is -1.73. The van der Waals surface area contributed by atoms with Crippen molar-refractivity contribution in [2.24, 2.45) is 11.8 Å². The first kappa shape index (κ1) is 28.4. The molecule has 0 aliphatic carbocycles. The SMILES string of the molecule is CC(/C=C/C#CC(O)C(C)CC(C)CO[Si](C)(C)C(C)(C)C)=C\COCc1ccccc1. The summed E-state index contributed by atoms with van der Waals surface area (Å²) < 4.78 is 12.0. The Labute approximate surface area is 198 Å². The van der Waals surface area contributed by atoms with E-state index in [2.05, 4.69) is 71.7 Å². The summed E-state index contributed by atoms with van der Waals surface area (Å²) in [5.74, 6) is 6.44. The molecule has 3 nitrogen and oxygen atoms in total. The summed E-state index contributed by atoms with van der Waals surface area (Å²) in [6.45, 7) is 19.5. The molecule has 0 amide bonds. The van der Waals surface area contributed by atoms with E-state index in [1.165, 1.54) is 5.56 Å². The van der Waals surface area contributed by atoms with Crippen LogP contribution in [0, 0.1) is 23.7 Å². The molecule has 4 heteroatoms. The number of ether oxygens (including phenoxy) is 1. The largest absolute Gasteiger partial charge is 0.417 e. The van der Waals surface area contributed by atoms with Crippen molar-refractivity contribution in [1.82, 2.24) is 0 Å². The maximum absolute atomic E-state index is 10.4. The van der Waals surface area contributed by atoms with Gasteiger partial charge in [-0.3, -0.25) is 0 Å². The lowest BCUT2D eigenvalue weighted by Crippen LogP contribution is -2.42. The van der Waals surface area contributed by atoms with Gasteiger partial charge < -0.3 is 14.3 Å². The van der Waals surface area contributed by atoms with Crippen molar-refractivity contribution in [2.45, 2.75) is 78.8 Å². The van der Waals surface area contributed by atoms with Gasteiger partial charge in [-0.25, -0.2) is 0 Å². The fourth-order valence-corrected chi connectivity index (χ4v) is 3.99. The minimum absolute atomic E-state index is 0.108. The van der Waals surface area contributed by atoms with Gasteiger partial charge in [0.2, 0.25) is 0 Å². The third-order valence-corrected chi connectivity index (χ3v) is 10.6. The zero-order valence-electron chi connectivity index (χ0n) is 21.4. The van der Waals surface area contributed by atoms with Crippen LogP contribution in [-0.2, 0) is 15.8 Å². The number of allylic oxidation sites excluding steroid dienone is 3. The molecule has 0 aliphatic heterocycles. The standard InChI is InChI=1S/C28H44O3Si/c1-23(18-19-30-22-26-15-10-9-11-16-26)14-12-13-17-27(29)25(3)20-24(2)21-31-32(7,8)28(4,5)6/h9-12,14-16,18,24-25,27,29H,19-22H2,1-8H3/b14-12+,23-18+. The lowest BCUT2D eigenvalue weighted by atomic mass is 9.93. The average molecular weight is 457 g/mol. The summed E-state index contributed by atoms with van der Waals surface area (Å²) >= 11 is 0. The number of aliphatic hydroxyl groups excluding tert-OH is 1. The van der Waals surface area contributed by atoms with Crippen molar-refractivity contribution in [3.8, 4) is 11.8 Å². The van der Waals surface area contributed by atoms with Gasteiger partial charge in [-0.15, -0.1) is 0 Å². The molecule has 0 aromatic heterocycles. The highest BCUT2D eigenvalue weighted by Gasteiger charge is 2.37. The zero-order valence-corrected chi connectivity index (χ0v) is 22.4. The molecule has 1 rings (SSSR count). The van der Waals surface area contributed by atoms with Crippen LogP contribution >= 0.6 is 0 Å². The molecule has 1 aromatic carbocycles. The Kier molecular flexibility index (Phi) is 12.2. The van der Waals surface area contributed by atoms with Gasteiger partial charge in [-0.1, -0.05) is 94.5 Å². The Balaban J connectivity index is 2.37. The molecular weight excluding hydrogens is 412 g/mol. The second kappa shape index (κ2) is 13.8. The number of rotatable bonds is 11. The van der Waals surface area contributed by atoms with E-state index >= 15 is 0 Å². The van der Waals surface area contributed by atoms with Crippen molar-refractivity contribution in [3.63, 3.8) is 0 Å². The van der Waals surface area contributed by atoms with E-state index in [-0.39, 0.29) is 11.0 Å². The van der Waals surface area contributed by atoms with Crippen molar-refractivity contribution < 1.29 is 14.3 Å². The van der Waals surface area contributed by atoms with E-state index < -0.39 is 14.4 Å². The van der Waals surface area contributed by atoms with Crippen molar-refractivity contribution >= 4 is 8.32 Å². The van der Waals surface area contributed by atoms with Crippen molar-refractivity contribution in [1.29, 1.82) is 0 Å². The number of benzene rings is 1. The molecule has 0 fully saturated rings. The third kappa shape index (κ3) is 11.3. The Morgan fingerprint density at radius 2 is 1.81 bits per heavy atom. The van der Waals surface area contributed by atoms with E-state index in [0.717, 1.165) is 18.6 Å². The molecule has 3 atom stereocenters. The highest BCUT2D eigenvalue weighted by molar-refractivity contribution is 6.74. The molecule has 0 saturated carbocycles. The summed E-state index contributed by atoms with van der Waals surface area (Å²) in [6, 6.07) is 10.1. The van der Waals surface area contributed by atoms with E-state index in [4.69, 9.17) is 9.16 Å². The first-order chi connectivity index (χ1) is 14.9. The Morgan fingerprint density at radius 3 is 2.44 bits per heavy atom. The topological polar surface area (TPSA) is 38.7 Å². The summed E-state index contributed by atoms with van der Waals surface area (Å²) in [4.78, 5) is 0. The van der Waals surface area contributed by atoms with Crippen LogP contribution in [0.5, 0.6) is 0 Å². The van der Waals surface area contributed by atoms with Gasteiger partial charge in [-0.2, -0.15) is 0 Å². The highest BCUT2D eigenvalue weighted by atomic mass is 28.4. The quantitative estimate of drug-likeness (QED) is 0.173. The lowest BCUT2D eigenvalue weighted by molar-refractivity contribution is 0.138. The van der Waals surface area contributed by atoms with Crippen molar-refractivity contribution in [3.05, 3.63) is 59.7 Å². The van der Waals surface area contributed by atoms with E-state index in [1.54, 1.807) is 6.08 Å². The molecular formula is C28H44O3Si. The smallest absolute Gasteiger partial charge is 0.191 e. The molecule has 0 aliphatic rings. The van der Waals surface area contributed by atoms with Crippen LogP contribution in [0.3, 0.4) is 0 Å². The van der Waals surface area contributed by atoms with Crippen LogP contribution in [0.15, 0.2) is 54.1 Å². The van der Waals surface area contributed by atoms with Crippen LogP contribution in [0.1, 0.15) is 53.5 Å². The predicted octanol–water partition coefficient (Wildman–Crippen LogP) is 6.75. The second-order valence-corrected chi connectivity index (χ2v) is 15.2. The minimum Gasteiger partial charge on any atom is -0.417 e.